The molecule has 0 aliphatic carbocycles. The summed E-state index contributed by atoms with van der Waals surface area (Å²) in [6, 6.07) is 19.2. The smallest absolute Gasteiger partial charge is 0.387 e. The summed E-state index contributed by atoms with van der Waals surface area (Å²) < 4.78 is 47.8. The average molecular weight is 358 g/mol. The maximum absolute atomic E-state index is 13.9. The molecule has 3 aromatic rings. The molecular weight excluding hydrogens is 341 g/mol. The monoisotopic (exact) mass is 358 g/mol. The number of ether oxygens (including phenoxy) is 2. The molecule has 0 aliphatic rings. The summed E-state index contributed by atoms with van der Waals surface area (Å²) in [5.41, 5.74) is 3.41. The molecule has 0 spiro atoms. The van der Waals surface area contributed by atoms with Crippen LogP contribution >= 0.6 is 0 Å². The Morgan fingerprint density at radius 1 is 0.769 bits per heavy atom. The van der Waals surface area contributed by atoms with E-state index in [1.807, 2.05) is 55.5 Å². The SMILES string of the molecule is CCOc1ccc(-c2ccc(-c3ccc(OC(F)F)c(F)c3)cc2)cc1. The van der Waals surface area contributed by atoms with E-state index in [2.05, 4.69) is 4.74 Å². The van der Waals surface area contributed by atoms with Crippen LogP contribution in [0.3, 0.4) is 0 Å². The van der Waals surface area contributed by atoms with Crippen LogP contribution in [0.2, 0.25) is 0 Å². The Morgan fingerprint density at radius 3 is 1.77 bits per heavy atom. The van der Waals surface area contributed by atoms with Crippen LogP contribution in [-0.4, -0.2) is 13.2 Å². The third-order valence-electron chi connectivity index (χ3n) is 3.86. The molecule has 5 heteroatoms. The fraction of sp³-hybridized carbons (Fsp3) is 0.143. The van der Waals surface area contributed by atoms with Crippen LogP contribution in [0.25, 0.3) is 22.3 Å². The second-order valence-electron chi connectivity index (χ2n) is 5.56. The van der Waals surface area contributed by atoms with Gasteiger partial charge in [0, 0.05) is 0 Å². The van der Waals surface area contributed by atoms with Crippen molar-refractivity contribution in [1.29, 1.82) is 0 Å². The summed E-state index contributed by atoms with van der Waals surface area (Å²) in [5.74, 6) is -0.470. The minimum atomic E-state index is -3.05. The molecule has 0 N–H and O–H groups in total. The van der Waals surface area contributed by atoms with Crippen LogP contribution < -0.4 is 9.47 Å². The van der Waals surface area contributed by atoms with Crippen LogP contribution in [0.1, 0.15) is 6.92 Å². The van der Waals surface area contributed by atoms with Gasteiger partial charge in [-0.05, 0) is 53.4 Å². The zero-order valence-electron chi connectivity index (χ0n) is 14.1. The fourth-order valence-corrected chi connectivity index (χ4v) is 2.64. The van der Waals surface area contributed by atoms with Crippen LogP contribution in [0.5, 0.6) is 11.5 Å². The quantitative estimate of drug-likeness (QED) is 0.525. The van der Waals surface area contributed by atoms with Crippen LogP contribution in [0.4, 0.5) is 13.2 Å². The lowest BCUT2D eigenvalue weighted by atomic mass is 10.00. The van der Waals surface area contributed by atoms with E-state index < -0.39 is 18.2 Å². The first kappa shape index (κ1) is 17.9. The van der Waals surface area contributed by atoms with Gasteiger partial charge >= 0.3 is 6.61 Å². The highest BCUT2D eigenvalue weighted by atomic mass is 19.3. The highest BCUT2D eigenvalue weighted by Crippen LogP contribution is 2.29. The highest BCUT2D eigenvalue weighted by molar-refractivity contribution is 5.71. The van der Waals surface area contributed by atoms with Crippen molar-refractivity contribution >= 4 is 0 Å². The third-order valence-corrected chi connectivity index (χ3v) is 3.86. The van der Waals surface area contributed by atoms with E-state index in [0.29, 0.717) is 12.2 Å². The average Bonchev–Trinajstić information content (AvgIpc) is 2.64. The molecule has 134 valence electrons. The lowest BCUT2D eigenvalue weighted by molar-refractivity contribution is -0.0521. The first-order chi connectivity index (χ1) is 12.6. The van der Waals surface area contributed by atoms with E-state index in [0.717, 1.165) is 22.4 Å². The van der Waals surface area contributed by atoms with Gasteiger partial charge in [0.2, 0.25) is 0 Å². The molecule has 0 amide bonds. The molecule has 3 aromatic carbocycles. The van der Waals surface area contributed by atoms with E-state index in [1.165, 1.54) is 12.1 Å². The maximum atomic E-state index is 13.9. The third kappa shape index (κ3) is 4.17. The van der Waals surface area contributed by atoms with Gasteiger partial charge in [0.05, 0.1) is 6.61 Å². The molecule has 0 saturated carbocycles. The minimum Gasteiger partial charge on any atom is -0.494 e. The summed E-state index contributed by atoms with van der Waals surface area (Å²) >= 11 is 0. The molecule has 3 rings (SSSR count). The largest absolute Gasteiger partial charge is 0.494 e. The van der Waals surface area contributed by atoms with Crippen LogP contribution in [0.15, 0.2) is 66.7 Å². The number of alkyl halides is 2. The van der Waals surface area contributed by atoms with Gasteiger partial charge in [-0.1, -0.05) is 42.5 Å². The molecule has 26 heavy (non-hydrogen) atoms. The number of hydrogen-bond acceptors (Lipinski definition) is 2. The van der Waals surface area contributed by atoms with Gasteiger partial charge in [-0.3, -0.25) is 0 Å². The summed E-state index contributed by atoms with van der Waals surface area (Å²) in [5, 5.41) is 0. The summed E-state index contributed by atoms with van der Waals surface area (Å²) in [7, 11) is 0. The zero-order valence-corrected chi connectivity index (χ0v) is 14.1. The molecule has 0 fully saturated rings. The van der Waals surface area contributed by atoms with Crippen molar-refractivity contribution in [3.8, 4) is 33.8 Å². The Balaban J connectivity index is 1.80. The van der Waals surface area contributed by atoms with E-state index in [4.69, 9.17) is 4.74 Å². The normalized spacial score (nSPS) is 10.8. The summed E-state index contributed by atoms with van der Waals surface area (Å²) in [6.45, 7) is -0.503. The Labute approximate surface area is 149 Å². The second kappa shape index (κ2) is 7.95. The van der Waals surface area contributed by atoms with E-state index in [-0.39, 0.29) is 0 Å². The van der Waals surface area contributed by atoms with Crippen molar-refractivity contribution in [3.05, 3.63) is 72.5 Å². The van der Waals surface area contributed by atoms with Crippen molar-refractivity contribution in [1.82, 2.24) is 0 Å². The standard InChI is InChI=1S/C21H17F3O2/c1-2-25-18-10-7-15(8-11-18)14-3-5-16(6-4-14)17-9-12-20(19(22)13-17)26-21(23)24/h3-13,21H,2H2,1H3. The van der Waals surface area contributed by atoms with Gasteiger partial charge < -0.3 is 9.47 Å². The van der Waals surface area contributed by atoms with Crippen molar-refractivity contribution in [2.75, 3.05) is 6.61 Å². The molecule has 0 atom stereocenters. The van der Waals surface area contributed by atoms with E-state index >= 15 is 0 Å². The second-order valence-corrected chi connectivity index (χ2v) is 5.56. The lowest BCUT2D eigenvalue weighted by Crippen LogP contribution is -2.03. The Hall–Kier alpha value is -2.95. The van der Waals surface area contributed by atoms with E-state index in [9.17, 15) is 13.2 Å². The predicted molar refractivity (Wildman–Crippen MR) is 95.1 cm³/mol. The van der Waals surface area contributed by atoms with Crippen molar-refractivity contribution in [2.24, 2.45) is 0 Å². The van der Waals surface area contributed by atoms with Crippen molar-refractivity contribution < 1.29 is 22.6 Å². The van der Waals surface area contributed by atoms with Crippen molar-refractivity contribution in [2.45, 2.75) is 13.5 Å². The summed E-state index contributed by atoms with van der Waals surface area (Å²) in [6.07, 6.45) is 0. The lowest BCUT2D eigenvalue weighted by Gasteiger charge is -2.09. The Morgan fingerprint density at radius 2 is 1.27 bits per heavy atom. The first-order valence-corrected chi connectivity index (χ1v) is 8.15. The molecular formula is C21H17F3O2. The molecule has 2 nitrogen and oxygen atoms in total. The molecule has 0 aromatic heterocycles. The fourth-order valence-electron chi connectivity index (χ4n) is 2.64. The number of halogens is 3. The maximum Gasteiger partial charge on any atom is 0.387 e. The Kier molecular flexibility index (Phi) is 5.46. The van der Waals surface area contributed by atoms with Crippen LogP contribution in [0, 0.1) is 5.82 Å². The molecule has 0 unspecified atom stereocenters. The van der Waals surface area contributed by atoms with Gasteiger partial charge in [0.1, 0.15) is 5.75 Å². The molecule has 0 aliphatic heterocycles. The van der Waals surface area contributed by atoms with Gasteiger partial charge in [0.15, 0.2) is 11.6 Å². The predicted octanol–water partition coefficient (Wildman–Crippen LogP) is 6.16. The molecule has 0 saturated heterocycles. The van der Waals surface area contributed by atoms with E-state index in [1.54, 1.807) is 6.07 Å². The topological polar surface area (TPSA) is 18.5 Å². The number of hydrogen-bond donors (Lipinski definition) is 0. The number of rotatable bonds is 6. The van der Waals surface area contributed by atoms with Gasteiger partial charge in [-0.15, -0.1) is 0 Å². The van der Waals surface area contributed by atoms with Gasteiger partial charge in [-0.25, -0.2) is 4.39 Å². The molecule has 0 radical (unpaired) electrons. The molecule has 0 bridgehead atoms. The number of benzene rings is 3. The summed E-state index contributed by atoms with van der Waals surface area (Å²) in [4.78, 5) is 0. The first-order valence-electron chi connectivity index (χ1n) is 8.15. The Bertz CT molecular complexity index is 859. The van der Waals surface area contributed by atoms with Crippen LogP contribution in [-0.2, 0) is 0 Å². The zero-order chi connectivity index (χ0) is 18.5. The van der Waals surface area contributed by atoms with Crippen molar-refractivity contribution in [3.63, 3.8) is 0 Å². The minimum absolute atomic E-state index is 0.463. The van der Waals surface area contributed by atoms with Gasteiger partial charge in [-0.2, -0.15) is 8.78 Å². The highest BCUT2D eigenvalue weighted by Gasteiger charge is 2.11. The molecule has 0 heterocycles. The van der Waals surface area contributed by atoms with Gasteiger partial charge in [0.25, 0.3) is 0 Å².